The molecule has 16 rings (SSSR count). The normalized spacial score (nSPS) is 15.8. The summed E-state index contributed by atoms with van der Waals surface area (Å²) in [4.78, 5) is 71.1. The summed E-state index contributed by atoms with van der Waals surface area (Å²) in [5, 5.41) is 11.1. The number of hydrogen-bond donors (Lipinski definition) is 4. The van der Waals surface area contributed by atoms with Crippen molar-refractivity contribution in [1.82, 2.24) is 34.9 Å². The summed E-state index contributed by atoms with van der Waals surface area (Å²) < 4.78 is 162. The van der Waals surface area contributed by atoms with Crippen molar-refractivity contribution >= 4 is 169 Å². The molecule has 0 aliphatic carbocycles. The average Bonchev–Trinajstić information content (AvgIpc) is 1.60. The SMILES string of the molecule is BrCCOCCBr.C#CC1CCOCC1.Cc1ccc(NC(=O)c2ccnc(C(F)(F)F)c2)cc1-c1cnc(C#CC2CCOCC2)c(N2CCOCC2)c1.Cc1ccc(NC(=O)c2ccnc(C(F)(F)F)c2)cc1-c1cnc(Cl)c(N2CCOCC2)c1.Cc1ccc(NC(=O)c2ccnc(C(F)(F)F)c2)cc1B1OC(C)(C)C(C)(C)O1.Clc1ncc(Br)cc1N1CCOCC1.Nc1cc(Br)cnc1Cl. The maximum Gasteiger partial charge on any atom is 0.495 e. The fourth-order valence-corrected chi connectivity index (χ4v) is 15.7. The third-order valence-corrected chi connectivity index (χ3v) is 24.9. The Balaban J connectivity index is 0.000000183. The Morgan fingerprint density at radius 1 is 0.471 bits per heavy atom. The number of nitrogens with two attached hydrogens (primary N) is 1. The van der Waals surface area contributed by atoms with Crippen molar-refractivity contribution in [3.8, 4) is 46.4 Å². The van der Waals surface area contributed by atoms with Gasteiger partial charge in [-0.15, -0.1) is 12.3 Å². The molecular weight excluding hydrogens is 2160 g/mol. The number of morpholine rings is 3. The largest absolute Gasteiger partial charge is 0.495 e. The van der Waals surface area contributed by atoms with Crippen LogP contribution >= 0.6 is 98.5 Å². The van der Waals surface area contributed by atoms with Crippen molar-refractivity contribution in [3.05, 3.63) is 239 Å². The average molecular weight is 2260 g/mol. The lowest BCUT2D eigenvalue weighted by atomic mass is 9.76. The van der Waals surface area contributed by atoms with Gasteiger partial charge in [-0.3, -0.25) is 29.3 Å². The maximum atomic E-state index is 13.1. The fraction of sp³-hybridized carbons (Fsp3) is 0.388. The highest BCUT2D eigenvalue weighted by Gasteiger charge is 2.52. The summed E-state index contributed by atoms with van der Waals surface area (Å²) in [7, 11) is -0.616. The van der Waals surface area contributed by atoms with E-state index >= 15 is 0 Å². The van der Waals surface area contributed by atoms with Crippen molar-refractivity contribution in [3.63, 3.8) is 0 Å². The van der Waals surface area contributed by atoms with Crippen LogP contribution in [0.3, 0.4) is 0 Å². The standard InChI is InChI=1S/C30H29F3N4O3.C23H20ClF3N4O2.C20H22BF3N2O3.C9H10BrClN2O.C7H10O.C5H4BrClN2.C4H8Br2O/c1-20-2-4-24(36-29(38)22-6-9-34-28(17-22)30(31,32)33)18-25(20)23-16-27(37-10-14-40-15-11-37)26(35-19-23)5-3-21-7-12-39-13-8-21;1-14-2-3-17(30-22(32)15-4-5-28-20(11-15)23(25,26)27)12-18(14)16-10-19(21(24)29-13-16)31-6-8-33-9-7-31;1-12-6-7-14(11-15(12)21-28-18(2,3)19(4,5)29-21)26-17(27)13-8-9-25-16(10-13)20(22,23)24;10-7-5-8(9(11)12-6-7)13-1-3-14-4-2-13;1-2-7-3-5-8-6-4-7;6-3-1-4(8)5(7)9-2-3;5-1-3-7-4-2-6/h2,4,6,9,16-19,21H,7-8,10-15H2,1H3,(H,36,38);2-5,10-13H,6-9H2,1H3,(H,30,32);6-11H,1-5H3,(H,26,27);5-6H,1-4H2;1,7H,3-6H2;1-2H,8H2;1-4H2. The number of nitrogens with one attached hydrogen (secondary N) is 3. The molecule has 13 heterocycles. The quantitative estimate of drug-likeness (QED) is 0.0175. The summed E-state index contributed by atoms with van der Waals surface area (Å²) in [6.07, 6.45) is 4.85. The number of halogens is 16. The van der Waals surface area contributed by atoms with Gasteiger partial charge in [0.25, 0.3) is 17.7 Å². The summed E-state index contributed by atoms with van der Waals surface area (Å²) in [5.74, 6) is 8.18. The van der Waals surface area contributed by atoms with Crippen LogP contribution in [-0.4, -0.2) is 200 Å². The van der Waals surface area contributed by atoms with Gasteiger partial charge in [0.1, 0.15) is 22.8 Å². The molecule has 25 nitrogen and oxygen atoms in total. The van der Waals surface area contributed by atoms with Crippen LogP contribution in [0.15, 0.2) is 168 Å². The van der Waals surface area contributed by atoms with Gasteiger partial charge < -0.3 is 74.1 Å². The minimum atomic E-state index is -4.64. The fourth-order valence-electron chi connectivity index (χ4n) is 14.1. The van der Waals surface area contributed by atoms with E-state index in [9.17, 15) is 53.9 Å². The first-order chi connectivity index (χ1) is 66.6. The number of amides is 3. The van der Waals surface area contributed by atoms with Crippen LogP contribution < -0.4 is 41.8 Å². The molecule has 0 radical (unpaired) electrons. The number of anilines is 7. The zero-order valence-corrected chi connectivity index (χ0v) is 86.0. The van der Waals surface area contributed by atoms with Gasteiger partial charge in [0.05, 0.1) is 86.8 Å². The van der Waals surface area contributed by atoms with Crippen LogP contribution in [0.4, 0.5) is 79.3 Å². The molecule has 746 valence electrons. The molecule has 6 saturated heterocycles. The number of alkyl halides is 11. The number of carbonyl (C=O) groups is 3. The second-order valence-corrected chi connectivity index (χ2v) is 37.5. The number of terminal acetylenes is 1. The summed E-state index contributed by atoms with van der Waals surface area (Å²) >= 11 is 30.9. The number of pyridine rings is 7. The second-order valence-electron chi connectivity index (χ2n) is 33.0. The van der Waals surface area contributed by atoms with E-state index in [0.29, 0.717) is 89.3 Å². The third-order valence-electron chi connectivity index (χ3n) is 22.5. The van der Waals surface area contributed by atoms with E-state index in [0.717, 1.165) is 223 Å². The lowest BCUT2D eigenvalue weighted by Crippen LogP contribution is -2.41. The molecule has 5 N–H and O–H groups in total. The van der Waals surface area contributed by atoms with E-state index in [1.807, 2.05) is 72.7 Å². The van der Waals surface area contributed by atoms with Gasteiger partial charge in [-0.2, -0.15) is 39.5 Å². The second kappa shape index (κ2) is 53.6. The molecule has 3 aromatic carbocycles. The Labute approximate surface area is 855 Å². The molecule has 0 atom stereocenters. The van der Waals surface area contributed by atoms with Crippen LogP contribution in [0.5, 0.6) is 0 Å². The monoisotopic (exact) mass is 2250 g/mol. The summed E-state index contributed by atoms with van der Waals surface area (Å²) in [5.41, 5.74) is 12.7. The van der Waals surface area contributed by atoms with Crippen LogP contribution in [-0.2, 0) is 56.3 Å². The maximum absolute atomic E-state index is 13.1. The first kappa shape index (κ1) is 112. The number of nitrogens with zero attached hydrogens (tertiary/aromatic N) is 10. The minimum absolute atomic E-state index is 0.131. The number of nitrogen functional groups attached to an aromatic ring is 1. The molecule has 0 bridgehead atoms. The van der Waals surface area contributed by atoms with Crippen molar-refractivity contribution in [2.45, 2.75) is 104 Å². The van der Waals surface area contributed by atoms with Gasteiger partial charge in [-0.25, -0.2) is 19.9 Å². The van der Waals surface area contributed by atoms with Gasteiger partial charge in [-0.1, -0.05) is 96.3 Å². The van der Waals surface area contributed by atoms with E-state index in [1.165, 1.54) is 18.2 Å². The number of hydrogen-bond acceptors (Lipinski definition) is 22. The van der Waals surface area contributed by atoms with Gasteiger partial charge in [0, 0.05) is 185 Å². The molecule has 42 heteroatoms. The summed E-state index contributed by atoms with van der Waals surface area (Å²) in [6, 6.07) is 29.4. The van der Waals surface area contributed by atoms with Gasteiger partial charge in [0.15, 0.2) is 15.5 Å². The highest BCUT2D eigenvalue weighted by molar-refractivity contribution is 9.11. The van der Waals surface area contributed by atoms with E-state index in [4.69, 9.17) is 89.7 Å². The summed E-state index contributed by atoms with van der Waals surface area (Å²) in [6.45, 7) is 26.8. The number of rotatable bonds is 16. The van der Waals surface area contributed by atoms with Crippen molar-refractivity contribution < 1.29 is 91.6 Å². The number of ether oxygens (including phenoxy) is 6. The molecule has 3 amide bonds. The van der Waals surface area contributed by atoms with E-state index in [-0.39, 0.29) is 22.6 Å². The number of benzene rings is 3. The topological polar surface area (TPSA) is 287 Å². The Bertz CT molecular complexity index is 5930. The van der Waals surface area contributed by atoms with Crippen molar-refractivity contribution in [2.75, 3.05) is 166 Å². The highest BCUT2D eigenvalue weighted by Crippen LogP contribution is 2.40. The Hall–Kier alpha value is -9.66. The number of aromatic nitrogens is 7. The highest BCUT2D eigenvalue weighted by atomic mass is 79.9. The van der Waals surface area contributed by atoms with Crippen LogP contribution in [0.25, 0.3) is 22.3 Å². The molecule has 10 aromatic rings. The van der Waals surface area contributed by atoms with E-state index < -0.39 is 71.7 Å². The van der Waals surface area contributed by atoms with E-state index in [1.54, 1.807) is 73.3 Å². The number of carbonyl (C=O) groups excluding carboxylic acids is 3. The minimum Gasteiger partial charge on any atom is -0.399 e. The molecule has 7 aromatic heterocycles. The molecule has 0 spiro atoms. The first-order valence-electron chi connectivity index (χ1n) is 44.2. The molecule has 6 aliphatic rings. The van der Waals surface area contributed by atoms with Crippen molar-refractivity contribution in [2.24, 2.45) is 11.8 Å². The molecule has 6 aliphatic heterocycles. The Morgan fingerprint density at radius 3 is 1.22 bits per heavy atom. The number of aryl methyl sites for hydroxylation is 3. The predicted octanol–water partition coefficient (Wildman–Crippen LogP) is 21.8. The van der Waals surface area contributed by atoms with Gasteiger partial charge in [0.2, 0.25) is 0 Å². The first-order valence-corrected chi connectivity index (χ1v) is 49.1. The Kier molecular flexibility index (Phi) is 43.0. The van der Waals surface area contributed by atoms with E-state index in [2.05, 4.69) is 148 Å². The molecule has 0 saturated carbocycles. The zero-order chi connectivity index (χ0) is 101. The van der Waals surface area contributed by atoms with Gasteiger partial charge in [-0.05, 0) is 237 Å². The third kappa shape index (κ3) is 34.0. The smallest absolute Gasteiger partial charge is 0.399 e. The zero-order valence-electron chi connectivity index (χ0n) is 77.4. The molecule has 140 heavy (non-hydrogen) atoms. The van der Waals surface area contributed by atoms with Crippen LogP contribution in [0, 0.1) is 56.8 Å². The Morgan fingerprint density at radius 2 is 0.829 bits per heavy atom. The lowest BCUT2D eigenvalue weighted by Gasteiger charge is -2.32. The lowest BCUT2D eigenvalue weighted by molar-refractivity contribution is -0.142. The molecular formula is C98H103BBr4Cl3F9N14O11. The molecule has 0 unspecified atom stereocenters. The van der Waals surface area contributed by atoms with Crippen LogP contribution in [0.2, 0.25) is 15.5 Å². The van der Waals surface area contributed by atoms with Crippen molar-refractivity contribution in [1.29, 1.82) is 0 Å². The molecule has 6 fully saturated rings. The van der Waals surface area contributed by atoms with Gasteiger partial charge >= 0.3 is 25.6 Å². The predicted molar refractivity (Wildman–Crippen MR) is 541 cm³/mol. The van der Waals surface area contributed by atoms with Crippen LogP contribution in [0.1, 0.15) is 124 Å².